The van der Waals surface area contributed by atoms with Crippen LogP contribution < -0.4 is 5.32 Å². The van der Waals surface area contributed by atoms with Crippen LogP contribution >= 0.6 is 11.3 Å². The lowest BCUT2D eigenvalue weighted by Crippen LogP contribution is -2.46. The number of hydrogen-bond donors (Lipinski definition) is 2. The van der Waals surface area contributed by atoms with Crippen molar-refractivity contribution in [1.82, 2.24) is 15.2 Å². The molecule has 5 nitrogen and oxygen atoms in total. The van der Waals surface area contributed by atoms with E-state index < -0.39 is 0 Å². The Morgan fingerprint density at radius 3 is 2.86 bits per heavy atom. The molecule has 1 aromatic heterocycles. The quantitative estimate of drug-likeness (QED) is 0.874. The Morgan fingerprint density at radius 2 is 2.29 bits per heavy atom. The number of aryl methyl sites for hydroxylation is 1. The minimum atomic E-state index is -0.271. The zero-order valence-electron chi connectivity index (χ0n) is 12.8. The summed E-state index contributed by atoms with van der Waals surface area (Å²) in [5.74, 6) is 0.330. The fourth-order valence-electron chi connectivity index (χ4n) is 2.62. The fourth-order valence-corrected chi connectivity index (χ4v) is 3.40. The molecule has 2 N–H and O–H groups in total. The standard InChI is InChI=1S/C15H25N3O2S/c1-3-14-17-13(10-21-14)4-7-16-15(20)18-8-5-12(6-9-18)11(2)19/h10-12,19H,3-9H2,1-2H3,(H,16,20). The molecule has 6 heteroatoms. The molecule has 0 saturated carbocycles. The van der Waals surface area contributed by atoms with Gasteiger partial charge in [0.15, 0.2) is 0 Å². The van der Waals surface area contributed by atoms with Crippen molar-refractivity contribution in [3.05, 3.63) is 16.1 Å². The molecule has 1 aliphatic heterocycles. The van der Waals surface area contributed by atoms with Crippen molar-refractivity contribution in [2.75, 3.05) is 19.6 Å². The van der Waals surface area contributed by atoms with Crippen LogP contribution in [0.2, 0.25) is 0 Å². The number of hydrogen-bond acceptors (Lipinski definition) is 4. The third kappa shape index (κ3) is 4.68. The zero-order chi connectivity index (χ0) is 15.2. The average molecular weight is 311 g/mol. The van der Waals surface area contributed by atoms with Gasteiger partial charge in [0, 0.05) is 31.4 Å². The van der Waals surface area contributed by atoms with Crippen molar-refractivity contribution in [1.29, 1.82) is 0 Å². The predicted molar refractivity (Wildman–Crippen MR) is 84.6 cm³/mol. The molecule has 1 fully saturated rings. The molecule has 118 valence electrons. The molecule has 0 aromatic carbocycles. The molecule has 1 unspecified atom stereocenters. The third-order valence-electron chi connectivity index (χ3n) is 4.07. The van der Waals surface area contributed by atoms with Crippen LogP contribution in [-0.2, 0) is 12.8 Å². The summed E-state index contributed by atoms with van der Waals surface area (Å²) in [5.41, 5.74) is 1.06. The first kappa shape index (κ1) is 16.2. The second kappa shape index (κ2) is 7.75. The number of urea groups is 1. The minimum Gasteiger partial charge on any atom is -0.393 e. The van der Waals surface area contributed by atoms with Crippen LogP contribution in [0.3, 0.4) is 0 Å². The summed E-state index contributed by atoms with van der Waals surface area (Å²) in [6, 6.07) is 0.00462. The SMILES string of the molecule is CCc1nc(CCNC(=O)N2CCC(C(C)O)CC2)cs1. The molecule has 0 radical (unpaired) electrons. The van der Waals surface area contributed by atoms with Crippen molar-refractivity contribution < 1.29 is 9.90 Å². The van der Waals surface area contributed by atoms with Gasteiger partial charge in [-0.3, -0.25) is 0 Å². The maximum absolute atomic E-state index is 12.1. The fraction of sp³-hybridized carbons (Fsp3) is 0.733. The summed E-state index contributed by atoms with van der Waals surface area (Å²) in [5, 5.41) is 15.7. The van der Waals surface area contributed by atoms with Crippen molar-refractivity contribution in [3.63, 3.8) is 0 Å². The van der Waals surface area contributed by atoms with E-state index in [0.29, 0.717) is 12.5 Å². The molecule has 1 aliphatic rings. The normalized spacial score (nSPS) is 17.8. The lowest BCUT2D eigenvalue weighted by molar-refractivity contribution is 0.0799. The maximum atomic E-state index is 12.1. The van der Waals surface area contributed by atoms with Gasteiger partial charge >= 0.3 is 6.03 Å². The maximum Gasteiger partial charge on any atom is 0.317 e. The van der Waals surface area contributed by atoms with E-state index in [1.165, 1.54) is 0 Å². The van der Waals surface area contributed by atoms with Crippen LogP contribution in [0.25, 0.3) is 0 Å². The Labute approximate surface area is 130 Å². The van der Waals surface area contributed by atoms with Gasteiger partial charge < -0.3 is 15.3 Å². The van der Waals surface area contributed by atoms with Gasteiger partial charge in [0.1, 0.15) is 0 Å². The van der Waals surface area contributed by atoms with Crippen molar-refractivity contribution in [2.45, 2.75) is 45.6 Å². The summed E-state index contributed by atoms with van der Waals surface area (Å²) in [6.07, 6.45) is 3.25. The number of aliphatic hydroxyl groups excluding tert-OH is 1. The zero-order valence-corrected chi connectivity index (χ0v) is 13.7. The Hall–Kier alpha value is -1.14. The van der Waals surface area contributed by atoms with Gasteiger partial charge in [-0.2, -0.15) is 0 Å². The lowest BCUT2D eigenvalue weighted by atomic mass is 9.92. The van der Waals surface area contributed by atoms with E-state index in [-0.39, 0.29) is 12.1 Å². The largest absolute Gasteiger partial charge is 0.393 e. The molecule has 2 heterocycles. The van der Waals surface area contributed by atoms with Crippen molar-refractivity contribution in [2.24, 2.45) is 5.92 Å². The third-order valence-corrected chi connectivity index (χ3v) is 5.11. The Balaban J connectivity index is 1.68. The highest BCUT2D eigenvalue weighted by molar-refractivity contribution is 7.09. The number of nitrogens with one attached hydrogen (secondary N) is 1. The first-order chi connectivity index (χ1) is 10.1. The first-order valence-corrected chi connectivity index (χ1v) is 8.62. The van der Waals surface area contributed by atoms with Crippen LogP contribution in [0.4, 0.5) is 4.79 Å². The smallest absolute Gasteiger partial charge is 0.317 e. The molecule has 2 amide bonds. The van der Waals surface area contributed by atoms with Crippen LogP contribution in [0.15, 0.2) is 5.38 Å². The van der Waals surface area contributed by atoms with E-state index in [1.807, 2.05) is 11.8 Å². The number of thiazole rings is 1. The van der Waals surface area contributed by atoms with Crippen LogP contribution in [0.5, 0.6) is 0 Å². The highest BCUT2D eigenvalue weighted by atomic mass is 32.1. The minimum absolute atomic E-state index is 0.00462. The summed E-state index contributed by atoms with van der Waals surface area (Å²) < 4.78 is 0. The van der Waals surface area contributed by atoms with E-state index in [4.69, 9.17) is 0 Å². The van der Waals surface area contributed by atoms with Crippen LogP contribution in [-0.4, -0.2) is 46.8 Å². The molecule has 2 rings (SSSR count). The number of amides is 2. The number of carbonyl (C=O) groups is 1. The number of carbonyl (C=O) groups excluding carboxylic acids is 1. The summed E-state index contributed by atoms with van der Waals surface area (Å²) in [7, 11) is 0. The highest BCUT2D eigenvalue weighted by Gasteiger charge is 2.25. The van der Waals surface area contributed by atoms with E-state index in [2.05, 4.69) is 22.6 Å². The number of nitrogens with zero attached hydrogens (tertiary/aromatic N) is 2. The number of rotatable bonds is 5. The number of likely N-dealkylation sites (tertiary alicyclic amines) is 1. The molecule has 0 aliphatic carbocycles. The summed E-state index contributed by atoms with van der Waals surface area (Å²) in [6.45, 7) is 6.03. The van der Waals surface area contributed by atoms with Gasteiger partial charge in [-0.05, 0) is 32.1 Å². The average Bonchev–Trinajstić information content (AvgIpc) is 2.95. The summed E-state index contributed by atoms with van der Waals surface area (Å²) >= 11 is 1.68. The predicted octanol–water partition coefficient (Wildman–Crippen LogP) is 2.05. The molecule has 1 atom stereocenters. The number of aromatic nitrogens is 1. The van der Waals surface area contributed by atoms with E-state index in [9.17, 15) is 9.90 Å². The molecule has 1 saturated heterocycles. The van der Waals surface area contributed by atoms with Crippen molar-refractivity contribution >= 4 is 17.4 Å². The molecule has 21 heavy (non-hydrogen) atoms. The van der Waals surface area contributed by atoms with Gasteiger partial charge in [-0.1, -0.05) is 6.92 Å². The molecule has 1 aromatic rings. The van der Waals surface area contributed by atoms with Crippen LogP contribution in [0.1, 0.15) is 37.4 Å². The van der Waals surface area contributed by atoms with Gasteiger partial charge in [-0.15, -0.1) is 11.3 Å². The van der Waals surface area contributed by atoms with Gasteiger partial charge in [0.05, 0.1) is 16.8 Å². The second-order valence-electron chi connectivity index (χ2n) is 5.63. The molecule has 0 spiro atoms. The Kier molecular flexibility index (Phi) is 5.99. The first-order valence-electron chi connectivity index (χ1n) is 7.74. The van der Waals surface area contributed by atoms with Gasteiger partial charge in [0.25, 0.3) is 0 Å². The monoisotopic (exact) mass is 311 g/mol. The highest BCUT2D eigenvalue weighted by Crippen LogP contribution is 2.20. The van der Waals surface area contributed by atoms with Crippen LogP contribution in [0, 0.1) is 5.92 Å². The van der Waals surface area contributed by atoms with E-state index >= 15 is 0 Å². The molecular weight excluding hydrogens is 286 g/mol. The van der Waals surface area contributed by atoms with Gasteiger partial charge in [-0.25, -0.2) is 9.78 Å². The summed E-state index contributed by atoms with van der Waals surface area (Å²) in [4.78, 5) is 18.4. The second-order valence-corrected chi connectivity index (χ2v) is 6.58. The topological polar surface area (TPSA) is 65.5 Å². The van der Waals surface area contributed by atoms with Crippen molar-refractivity contribution in [3.8, 4) is 0 Å². The lowest BCUT2D eigenvalue weighted by Gasteiger charge is -2.33. The number of aliphatic hydroxyl groups is 1. The molecular formula is C15H25N3O2S. The van der Waals surface area contributed by atoms with E-state index in [1.54, 1.807) is 11.3 Å². The Bertz CT molecular complexity index is 454. The Morgan fingerprint density at radius 1 is 1.57 bits per heavy atom. The molecule has 0 bridgehead atoms. The number of piperidine rings is 1. The van der Waals surface area contributed by atoms with E-state index in [0.717, 1.165) is 49.5 Å². The van der Waals surface area contributed by atoms with Gasteiger partial charge in [0.2, 0.25) is 0 Å².